The second-order valence-corrected chi connectivity index (χ2v) is 7.95. The lowest BCUT2D eigenvalue weighted by Gasteiger charge is -2.21. The zero-order chi connectivity index (χ0) is 22.2. The van der Waals surface area contributed by atoms with E-state index in [1.165, 1.54) is 5.01 Å². The highest BCUT2D eigenvalue weighted by molar-refractivity contribution is 5.86. The molecule has 32 heavy (non-hydrogen) atoms. The lowest BCUT2D eigenvalue weighted by Crippen LogP contribution is -2.49. The summed E-state index contributed by atoms with van der Waals surface area (Å²) in [4.78, 5) is 27.7. The van der Waals surface area contributed by atoms with Crippen LogP contribution in [0.15, 0.2) is 91.0 Å². The van der Waals surface area contributed by atoms with E-state index in [1.54, 1.807) is 0 Å². The molecule has 1 fully saturated rings. The van der Waals surface area contributed by atoms with Crippen LogP contribution in [0, 0.1) is 0 Å². The van der Waals surface area contributed by atoms with Crippen molar-refractivity contribution < 1.29 is 9.59 Å². The minimum atomic E-state index is -0.366. The van der Waals surface area contributed by atoms with Crippen molar-refractivity contribution in [3.8, 4) is 0 Å². The van der Waals surface area contributed by atoms with Gasteiger partial charge in [0.15, 0.2) is 0 Å². The zero-order valence-electron chi connectivity index (χ0n) is 18.0. The molecule has 4 rings (SSSR count). The topological polar surface area (TPSA) is 64.7 Å². The number of amides is 3. The van der Waals surface area contributed by atoms with Gasteiger partial charge in [-0.05, 0) is 29.5 Å². The van der Waals surface area contributed by atoms with Crippen LogP contribution in [0.1, 0.15) is 16.7 Å². The van der Waals surface area contributed by atoms with E-state index in [0.717, 1.165) is 23.1 Å². The molecule has 1 heterocycles. The molecule has 2 N–H and O–H groups in total. The van der Waals surface area contributed by atoms with E-state index in [1.807, 2.05) is 78.9 Å². The first-order chi connectivity index (χ1) is 15.7. The number of hydrazine groups is 1. The van der Waals surface area contributed by atoms with E-state index in [0.29, 0.717) is 26.2 Å². The summed E-state index contributed by atoms with van der Waals surface area (Å²) in [6.45, 7) is 1.48. The predicted molar refractivity (Wildman–Crippen MR) is 124 cm³/mol. The summed E-state index contributed by atoms with van der Waals surface area (Å²) in [5.41, 5.74) is 6.12. The smallest absolute Gasteiger partial charge is 0.333 e. The average molecular weight is 429 g/mol. The fourth-order valence-corrected chi connectivity index (χ4v) is 3.94. The molecule has 164 valence electrons. The molecule has 0 radical (unpaired) electrons. The molecule has 0 aromatic heterocycles. The third-order valence-electron chi connectivity index (χ3n) is 5.59. The highest BCUT2D eigenvalue weighted by Gasteiger charge is 2.39. The Morgan fingerprint density at radius 3 is 2.00 bits per heavy atom. The number of rotatable bonds is 8. The van der Waals surface area contributed by atoms with Gasteiger partial charge in [0.05, 0.1) is 12.7 Å². The van der Waals surface area contributed by atoms with Crippen molar-refractivity contribution in [3.63, 3.8) is 0 Å². The summed E-state index contributed by atoms with van der Waals surface area (Å²) >= 11 is 0. The molecular weight excluding hydrogens is 400 g/mol. The van der Waals surface area contributed by atoms with Crippen LogP contribution in [0.25, 0.3) is 0 Å². The van der Waals surface area contributed by atoms with Crippen LogP contribution in [-0.4, -0.2) is 41.1 Å². The molecule has 6 heteroatoms. The van der Waals surface area contributed by atoms with E-state index in [4.69, 9.17) is 0 Å². The monoisotopic (exact) mass is 428 g/mol. The fourth-order valence-electron chi connectivity index (χ4n) is 3.94. The van der Waals surface area contributed by atoms with Crippen molar-refractivity contribution in [2.45, 2.75) is 25.4 Å². The second-order valence-electron chi connectivity index (χ2n) is 7.95. The maximum absolute atomic E-state index is 13.2. The number of hydrogen-bond acceptors (Lipinski definition) is 3. The van der Waals surface area contributed by atoms with E-state index in [9.17, 15) is 9.59 Å². The molecule has 3 amide bonds. The molecule has 3 aromatic carbocycles. The normalized spacial score (nSPS) is 16.2. The number of benzene rings is 3. The Labute approximate surface area is 188 Å². The highest BCUT2D eigenvalue weighted by Crippen LogP contribution is 2.20. The standard InChI is InChI=1S/C26H28N4O2/c31-25-24(18-22-12-6-2-7-13-22)29(19-23-14-8-3-9-15-23)20-30(25)28-26(32)27-17-16-21-10-4-1-5-11-21/h1-15,24H,16-20H2,(H2,27,28,32). The van der Waals surface area contributed by atoms with Gasteiger partial charge in [-0.15, -0.1) is 0 Å². The van der Waals surface area contributed by atoms with Gasteiger partial charge in [0.1, 0.15) is 0 Å². The summed E-state index contributed by atoms with van der Waals surface area (Å²) < 4.78 is 0. The first-order valence-electron chi connectivity index (χ1n) is 10.9. The third-order valence-corrected chi connectivity index (χ3v) is 5.59. The van der Waals surface area contributed by atoms with Gasteiger partial charge in [-0.1, -0.05) is 91.0 Å². The van der Waals surface area contributed by atoms with E-state index < -0.39 is 0 Å². The molecule has 1 unspecified atom stereocenters. The van der Waals surface area contributed by atoms with E-state index in [2.05, 4.69) is 27.8 Å². The van der Waals surface area contributed by atoms with Crippen LogP contribution < -0.4 is 10.7 Å². The molecule has 0 spiro atoms. The fraction of sp³-hybridized carbons (Fsp3) is 0.231. The Kier molecular flexibility index (Phi) is 7.15. The van der Waals surface area contributed by atoms with Gasteiger partial charge in [0.2, 0.25) is 0 Å². The molecule has 3 aromatic rings. The largest absolute Gasteiger partial charge is 0.336 e. The van der Waals surface area contributed by atoms with E-state index in [-0.39, 0.29) is 18.0 Å². The lowest BCUT2D eigenvalue weighted by atomic mass is 10.0. The third kappa shape index (κ3) is 5.74. The molecule has 1 atom stereocenters. The highest BCUT2D eigenvalue weighted by atomic mass is 16.2. The van der Waals surface area contributed by atoms with Crippen LogP contribution in [0.3, 0.4) is 0 Å². The van der Waals surface area contributed by atoms with Crippen LogP contribution in [0.5, 0.6) is 0 Å². The minimum Gasteiger partial charge on any atom is -0.336 e. The van der Waals surface area contributed by atoms with Gasteiger partial charge in [0.25, 0.3) is 5.91 Å². The average Bonchev–Trinajstić information content (AvgIpc) is 3.10. The van der Waals surface area contributed by atoms with Gasteiger partial charge in [0, 0.05) is 13.1 Å². The van der Waals surface area contributed by atoms with Crippen LogP contribution in [-0.2, 0) is 24.2 Å². The summed E-state index contributed by atoms with van der Waals surface area (Å²) in [5.74, 6) is -0.0945. The summed E-state index contributed by atoms with van der Waals surface area (Å²) in [5, 5.41) is 4.27. The molecule has 0 bridgehead atoms. The summed E-state index contributed by atoms with van der Waals surface area (Å²) in [6.07, 6.45) is 1.33. The number of carbonyl (C=O) groups is 2. The molecule has 0 saturated carbocycles. The van der Waals surface area contributed by atoms with Crippen molar-refractivity contribution in [3.05, 3.63) is 108 Å². The molecule has 1 aliphatic rings. The maximum Gasteiger partial charge on any atom is 0.333 e. The minimum absolute atomic E-state index is 0.0945. The number of hydrogen-bond donors (Lipinski definition) is 2. The Bertz CT molecular complexity index is 1010. The Morgan fingerprint density at radius 2 is 1.38 bits per heavy atom. The SMILES string of the molecule is O=C(NCCc1ccccc1)NN1CN(Cc2ccccc2)C(Cc2ccccc2)C1=O. The molecule has 0 aliphatic carbocycles. The number of nitrogens with zero attached hydrogens (tertiary/aromatic N) is 2. The Hall–Kier alpha value is -3.64. The Balaban J connectivity index is 1.38. The predicted octanol–water partition coefficient (Wildman–Crippen LogP) is 3.36. The van der Waals surface area contributed by atoms with Crippen LogP contribution >= 0.6 is 0 Å². The summed E-state index contributed by atoms with van der Waals surface area (Å²) in [6, 6.07) is 29.3. The van der Waals surface area contributed by atoms with Gasteiger partial charge >= 0.3 is 6.03 Å². The van der Waals surface area contributed by atoms with Gasteiger partial charge < -0.3 is 5.32 Å². The van der Waals surface area contributed by atoms with Crippen molar-refractivity contribution in [1.82, 2.24) is 20.7 Å². The number of carbonyl (C=O) groups excluding carboxylic acids is 2. The van der Waals surface area contributed by atoms with Crippen molar-refractivity contribution in [2.75, 3.05) is 13.2 Å². The quantitative estimate of drug-likeness (QED) is 0.578. The van der Waals surface area contributed by atoms with Crippen molar-refractivity contribution in [2.24, 2.45) is 0 Å². The van der Waals surface area contributed by atoms with Gasteiger partial charge in [-0.25, -0.2) is 15.2 Å². The second kappa shape index (κ2) is 10.6. The van der Waals surface area contributed by atoms with Gasteiger partial charge in [-0.2, -0.15) is 0 Å². The number of urea groups is 1. The number of nitrogens with one attached hydrogen (secondary N) is 2. The summed E-state index contributed by atoms with van der Waals surface area (Å²) in [7, 11) is 0. The van der Waals surface area contributed by atoms with E-state index >= 15 is 0 Å². The maximum atomic E-state index is 13.2. The zero-order valence-corrected chi connectivity index (χ0v) is 18.0. The molecule has 6 nitrogen and oxygen atoms in total. The van der Waals surface area contributed by atoms with Gasteiger partial charge in [-0.3, -0.25) is 9.69 Å². The van der Waals surface area contributed by atoms with Crippen LogP contribution in [0.2, 0.25) is 0 Å². The van der Waals surface area contributed by atoms with Crippen LogP contribution in [0.4, 0.5) is 4.79 Å². The lowest BCUT2D eigenvalue weighted by molar-refractivity contribution is -0.131. The Morgan fingerprint density at radius 1 is 0.812 bits per heavy atom. The molecule has 1 aliphatic heterocycles. The molecule has 1 saturated heterocycles. The molecular formula is C26H28N4O2. The van der Waals surface area contributed by atoms with Crippen molar-refractivity contribution in [1.29, 1.82) is 0 Å². The first-order valence-corrected chi connectivity index (χ1v) is 10.9. The first kappa shape index (κ1) is 21.6. The van der Waals surface area contributed by atoms with Crippen molar-refractivity contribution >= 4 is 11.9 Å².